The van der Waals surface area contributed by atoms with Crippen LogP contribution in [0.4, 0.5) is 0 Å². The molecule has 0 aliphatic rings. The Hall–Kier alpha value is -1.75. The number of aromatic amines is 1. The third-order valence-electron chi connectivity index (χ3n) is 2.79. The number of hydrogen-bond donors (Lipinski definition) is 2. The summed E-state index contributed by atoms with van der Waals surface area (Å²) in [6, 6.07) is 9.93. The van der Waals surface area contributed by atoms with Crippen LogP contribution in [0, 0.1) is 0 Å². The summed E-state index contributed by atoms with van der Waals surface area (Å²) in [5.41, 5.74) is 1.10. The van der Waals surface area contributed by atoms with E-state index in [0.717, 1.165) is 10.7 Å². The third-order valence-corrected chi connectivity index (χ3v) is 3.80. The van der Waals surface area contributed by atoms with E-state index in [4.69, 9.17) is 0 Å². The van der Waals surface area contributed by atoms with Crippen LogP contribution in [-0.4, -0.2) is 21.1 Å². The Labute approximate surface area is 117 Å². The van der Waals surface area contributed by atoms with Gasteiger partial charge in [-0.1, -0.05) is 42.1 Å². The summed E-state index contributed by atoms with van der Waals surface area (Å²) in [5.74, 6) is 0.0118. The van der Waals surface area contributed by atoms with Gasteiger partial charge in [-0.25, -0.2) is 4.98 Å². The van der Waals surface area contributed by atoms with E-state index < -0.39 is 0 Å². The van der Waals surface area contributed by atoms with Crippen molar-refractivity contribution in [1.82, 2.24) is 15.3 Å². The second kappa shape index (κ2) is 6.43. The zero-order valence-corrected chi connectivity index (χ0v) is 11.8. The molecule has 0 aliphatic heterocycles. The van der Waals surface area contributed by atoms with Gasteiger partial charge in [-0.05, 0) is 19.4 Å². The van der Waals surface area contributed by atoms with Gasteiger partial charge in [-0.2, -0.15) is 0 Å². The first-order chi connectivity index (χ1) is 9.16. The molecule has 2 rings (SSSR count). The summed E-state index contributed by atoms with van der Waals surface area (Å²) in [5, 5.41) is 3.58. The molecule has 1 amide bonds. The molecule has 0 radical (unpaired) electrons. The molecule has 1 heterocycles. The van der Waals surface area contributed by atoms with E-state index in [0.29, 0.717) is 0 Å². The highest BCUT2D eigenvalue weighted by atomic mass is 32.2. The maximum atomic E-state index is 12.1. The maximum Gasteiger partial charge on any atom is 0.233 e. The Balaban J connectivity index is 1.90. The van der Waals surface area contributed by atoms with Crippen LogP contribution in [0.3, 0.4) is 0 Å². The van der Waals surface area contributed by atoms with Gasteiger partial charge in [0.05, 0.1) is 11.3 Å². The van der Waals surface area contributed by atoms with Crippen LogP contribution < -0.4 is 5.32 Å². The van der Waals surface area contributed by atoms with Crippen molar-refractivity contribution in [1.29, 1.82) is 0 Å². The van der Waals surface area contributed by atoms with Gasteiger partial charge in [-0.15, -0.1) is 0 Å². The number of H-pyrrole nitrogens is 1. The first-order valence-corrected chi connectivity index (χ1v) is 7.06. The van der Waals surface area contributed by atoms with Crippen molar-refractivity contribution < 1.29 is 4.79 Å². The molecule has 2 N–H and O–H groups in total. The van der Waals surface area contributed by atoms with Crippen LogP contribution in [0.5, 0.6) is 0 Å². The highest BCUT2D eigenvalue weighted by Gasteiger charge is 2.17. The standard InChI is InChI=1S/C14H17N3OS/c1-10(12-6-4-3-5-7-12)17-13(18)11(2)19-14-15-8-9-16-14/h3-11H,1-2H3,(H,15,16)(H,17,18)/t10-,11+/m1/s1. The Bertz CT molecular complexity index is 513. The largest absolute Gasteiger partial charge is 0.349 e. The van der Waals surface area contributed by atoms with Gasteiger partial charge in [0.25, 0.3) is 0 Å². The fourth-order valence-corrected chi connectivity index (χ4v) is 2.46. The normalized spacial score (nSPS) is 13.8. The number of nitrogens with zero attached hydrogens (tertiary/aromatic N) is 1. The maximum absolute atomic E-state index is 12.1. The lowest BCUT2D eigenvalue weighted by Gasteiger charge is -2.17. The number of nitrogens with one attached hydrogen (secondary N) is 2. The van der Waals surface area contributed by atoms with Crippen molar-refractivity contribution in [3.63, 3.8) is 0 Å². The van der Waals surface area contributed by atoms with Gasteiger partial charge in [0, 0.05) is 12.4 Å². The second-order valence-corrected chi connectivity index (χ2v) is 5.62. The van der Waals surface area contributed by atoms with Gasteiger partial charge in [-0.3, -0.25) is 4.79 Å². The molecule has 0 aliphatic carbocycles. The smallest absolute Gasteiger partial charge is 0.233 e. The monoisotopic (exact) mass is 275 g/mol. The van der Waals surface area contributed by atoms with Crippen LogP contribution in [0.15, 0.2) is 47.9 Å². The first kappa shape index (κ1) is 13.7. The summed E-state index contributed by atoms with van der Waals surface area (Å²) in [6.07, 6.45) is 3.43. The van der Waals surface area contributed by atoms with Gasteiger partial charge >= 0.3 is 0 Å². The average molecular weight is 275 g/mol. The number of imidazole rings is 1. The number of carbonyl (C=O) groups excluding carboxylic acids is 1. The van der Waals surface area contributed by atoms with Gasteiger partial charge < -0.3 is 10.3 Å². The van der Waals surface area contributed by atoms with E-state index in [2.05, 4.69) is 15.3 Å². The van der Waals surface area contributed by atoms with Crippen LogP contribution in [0.2, 0.25) is 0 Å². The molecule has 4 nitrogen and oxygen atoms in total. The van der Waals surface area contributed by atoms with Crippen LogP contribution in [0.25, 0.3) is 0 Å². The second-order valence-electron chi connectivity index (χ2n) is 4.30. The fraction of sp³-hybridized carbons (Fsp3) is 0.286. The predicted octanol–water partition coefficient (Wildman–Crippen LogP) is 2.77. The van der Waals surface area contributed by atoms with Gasteiger partial charge in [0.1, 0.15) is 0 Å². The van der Waals surface area contributed by atoms with Crippen molar-refractivity contribution in [3.8, 4) is 0 Å². The lowest BCUT2D eigenvalue weighted by Crippen LogP contribution is -2.33. The number of thioether (sulfide) groups is 1. The third kappa shape index (κ3) is 3.86. The van der Waals surface area contributed by atoms with Crippen molar-refractivity contribution in [2.24, 2.45) is 0 Å². The zero-order valence-electron chi connectivity index (χ0n) is 11.0. The van der Waals surface area contributed by atoms with Crippen LogP contribution in [0.1, 0.15) is 25.5 Å². The number of benzene rings is 1. The SMILES string of the molecule is C[C@H](Sc1ncc[nH]1)C(=O)N[C@H](C)c1ccccc1. The van der Waals surface area contributed by atoms with E-state index in [1.54, 1.807) is 12.4 Å². The molecule has 100 valence electrons. The van der Waals surface area contributed by atoms with Gasteiger partial charge in [0.15, 0.2) is 5.16 Å². The molecule has 0 fully saturated rings. The molecule has 1 aromatic carbocycles. The molecular formula is C14H17N3OS. The Kier molecular flexibility index (Phi) is 4.63. The Morgan fingerprint density at radius 1 is 1.32 bits per heavy atom. The topological polar surface area (TPSA) is 57.8 Å². The number of hydrogen-bond acceptors (Lipinski definition) is 3. The molecule has 2 atom stereocenters. The minimum absolute atomic E-state index is 0.00773. The van der Waals surface area contributed by atoms with Crippen molar-refractivity contribution in [2.45, 2.75) is 30.3 Å². The molecule has 19 heavy (non-hydrogen) atoms. The van der Waals surface area contributed by atoms with E-state index in [9.17, 15) is 4.79 Å². The molecule has 5 heteroatoms. The summed E-state index contributed by atoms with van der Waals surface area (Å²) in [7, 11) is 0. The van der Waals surface area contributed by atoms with Gasteiger partial charge in [0.2, 0.25) is 5.91 Å². The lowest BCUT2D eigenvalue weighted by atomic mass is 10.1. The van der Waals surface area contributed by atoms with Crippen LogP contribution in [-0.2, 0) is 4.79 Å². The molecule has 1 aromatic heterocycles. The summed E-state index contributed by atoms with van der Waals surface area (Å²) >= 11 is 1.42. The molecule has 0 saturated carbocycles. The number of amides is 1. The minimum Gasteiger partial charge on any atom is -0.349 e. The minimum atomic E-state index is -0.183. The van der Waals surface area contributed by atoms with E-state index in [-0.39, 0.29) is 17.2 Å². The average Bonchev–Trinajstić information content (AvgIpc) is 2.92. The highest BCUT2D eigenvalue weighted by molar-refractivity contribution is 8.00. The number of carbonyl (C=O) groups is 1. The van der Waals surface area contributed by atoms with Crippen LogP contribution >= 0.6 is 11.8 Å². The fourth-order valence-electron chi connectivity index (χ4n) is 1.69. The molecule has 0 unspecified atom stereocenters. The van der Waals surface area contributed by atoms with Crippen molar-refractivity contribution in [2.75, 3.05) is 0 Å². The molecule has 2 aromatic rings. The number of rotatable bonds is 5. The highest BCUT2D eigenvalue weighted by Crippen LogP contribution is 2.20. The summed E-state index contributed by atoms with van der Waals surface area (Å²) in [6.45, 7) is 3.86. The molecule has 0 saturated heterocycles. The van der Waals surface area contributed by atoms with Crippen molar-refractivity contribution >= 4 is 17.7 Å². The zero-order chi connectivity index (χ0) is 13.7. The first-order valence-electron chi connectivity index (χ1n) is 6.18. The van der Waals surface area contributed by atoms with E-state index in [1.165, 1.54) is 11.8 Å². The van der Waals surface area contributed by atoms with Crippen molar-refractivity contribution in [3.05, 3.63) is 48.3 Å². The Morgan fingerprint density at radius 3 is 2.68 bits per heavy atom. The Morgan fingerprint density at radius 2 is 2.05 bits per heavy atom. The molecule has 0 bridgehead atoms. The quantitative estimate of drug-likeness (QED) is 0.825. The lowest BCUT2D eigenvalue weighted by molar-refractivity contribution is -0.120. The number of aromatic nitrogens is 2. The molecular weight excluding hydrogens is 258 g/mol. The predicted molar refractivity (Wildman–Crippen MR) is 76.9 cm³/mol. The summed E-state index contributed by atoms with van der Waals surface area (Å²) in [4.78, 5) is 19.2. The summed E-state index contributed by atoms with van der Waals surface area (Å²) < 4.78 is 0. The molecule has 0 spiro atoms. The van der Waals surface area contributed by atoms with E-state index in [1.807, 2.05) is 44.2 Å². The van der Waals surface area contributed by atoms with E-state index >= 15 is 0 Å².